The summed E-state index contributed by atoms with van der Waals surface area (Å²) in [5.74, 6) is 1.81. The standard InChI is InChI=1S/C17H23NO2/c1-11-14-9-13(17(14,2)3)10-15(11)20-16(19)8-12-4-6-18-7-5-12/h4-7,11,13-15H,8-10H2,1-3H3/t11-,13+,14-,15-/m0/s1. The summed E-state index contributed by atoms with van der Waals surface area (Å²) in [6, 6.07) is 3.73. The fourth-order valence-electron chi connectivity index (χ4n) is 4.14. The molecule has 1 aromatic rings. The molecule has 4 atom stereocenters. The molecular formula is C17H23NO2. The van der Waals surface area contributed by atoms with Crippen LogP contribution in [0.1, 0.15) is 39.2 Å². The summed E-state index contributed by atoms with van der Waals surface area (Å²) in [5.41, 5.74) is 1.41. The molecule has 0 aromatic carbocycles. The fourth-order valence-corrected chi connectivity index (χ4v) is 4.14. The van der Waals surface area contributed by atoms with Gasteiger partial charge in [-0.05, 0) is 53.7 Å². The molecular weight excluding hydrogens is 250 g/mol. The maximum atomic E-state index is 12.1. The first-order valence-corrected chi connectivity index (χ1v) is 7.57. The molecule has 3 fully saturated rings. The van der Waals surface area contributed by atoms with E-state index in [4.69, 9.17) is 4.74 Å². The van der Waals surface area contributed by atoms with E-state index in [9.17, 15) is 4.79 Å². The van der Waals surface area contributed by atoms with Crippen LogP contribution >= 0.6 is 0 Å². The number of carbonyl (C=O) groups is 1. The lowest BCUT2D eigenvalue weighted by atomic mass is 9.45. The second-order valence-corrected chi connectivity index (χ2v) is 7.02. The second-order valence-electron chi connectivity index (χ2n) is 7.02. The molecule has 3 saturated carbocycles. The topological polar surface area (TPSA) is 39.2 Å². The Morgan fingerprint density at radius 1 is 1.35 bits per heavy atom. The minimum Gasteiger partial charge on any atom is -0.462 e. The molecule has 0 spiro atoms. The van der Waals surface area contributed by atoms with Gasteiger partial charge in [0.1, 0.15) is 6.10 Å². The highest BCUT2D eigenvalue weighted by molar-refractivity contribution is 5.72. The van der Waals surface area contributed by atoms with Crippen LogP contribution in [0.2, 0.25) is 0 Å². The molecule has 0 saturated heterocycles. The summed E-state index contributed by atoms with van der Waals surface area (Å²) in [5, 5.41) is 0. The van der Waals surface area contributed by atoms with E-state index in [1.807, 2.05) is 12.1 Å². The number of hydrogen-bond donors (Lipinski definition) is 0. The predicted octanol–water partition coefficient (Wildman–Crippen LogP) is 3.24. The van der Waals surface area contributed by atoms with Crippen molar-refractivity contribution < 1.29 is 9.53 Å². The summed E-state index contributed by atoms with van der Waals surface area (Å²) in [4.78, 5) is 16.0. The van der Waals surface area contributed by atoms with Crippen LogP contribution in [0.5, 0.6) is 0 Å². The summed E-state index contributed by atoms with van der Waals surface area (Å²) < 4.78 is 5.74. The van der Waals surface area contributed by atoms with E-state index in [2.05, 4.69) is 25.8 Å². The number of pyridine rings is 1. The molecule has 0 amide bonds. The summed E-state index contributed by atoms with van der Waals surface area (Å²) in [7, 11) is 0. The minimum absolute atomic E-state index is 0.104. The van der Waals surface area contributed by atoms with Crippen molar-refractivity contribution in [2.75, 3.05) is 0 Å². The molecule has 0 radical (unpaired) electrons. The van der Waals surface area contributed by atoms with E-state index in [1.54, 1.807) is 12.4 Å². The van der Waals surface area contributed by atoms with Crippen LogP contribution in [-0.2, 0) is 16.0 Å². The lowest BCUT2D eigenvalue weighted by Crippen LogP contribution is -2.57. The van der Waals surface area contributed by atoms with Crippen molar-refractivity contribution in [3.05, 3.63) is 30.1 Å². The van der Waals surface area contributed by atoms with Crippen LogP contribution in [-0.4, -0.2) is 17.1 Å². The van der Waals surface area contributed by atoms with Crippen molar-refractivity contribution in [3.8, 4) is 0 Å². The van der Waals surface area contributed by atoms with Crippen LogP contribution in [0, 0.1) is 23.2 Å². The van der Waals surface area contributed by atoms with Crippen LogP contribution in [0.3, 0.4) is 0 Å². The molecule has 4 rings (SSSR count). The Morgan fingerprint density at radius 3 is 2.65 bits per heavy atom. The Balaban J connectivity index is 1.58. The van der Waals surface area contributed by atoms with Gasteiger partial charge in [-0.1, -0.05) is 20.8 Å². The van der Waals surface area contributed by atoms with Gasteiger partial charge in [0, 0.05) is 12.4 Å². The third kappa shape index (κ3) is 2.23. The summed E-state index contributed by atoms with van der Waals surface area (Å²) in [6.07, 6.45) is 6.23. The predicted molar refractivity (Wildman–Crippen MR) is 77.0 cm³/mol. The number of ether oxygens (including phenoxy) is 1. The number of rotatable bonds is 3. The highest BCUT2D eigenvalue weighted by Crippen LogP contribution is 2.61. The van der Waals surface area contributed by atoms with Crippen molar-refractivity contribution in [1.29, 1.82) is 0 Å². The number of carbonyl (C=O) groups excluding carboxylic acids is 1. The number of aromatic nitrogens is 1. The van der Waals surface area contributed by atoms with Crippen LogP contribution in [0.4, 0.5) is 0 Å². The Bertz CT molecular complexity index is 497. The SMILES string of the molecule is C[C@@H]1[C@@H](OC(=O)Cc2ccncc2)C[C@H]2C[C@@H]1C2(C)C. The maximum Gasteiger partial charge on any atom is 0.310 e. The van der Waals surface area contributed by atoms with Gasteiger partial charge in [-0.15, -0.1) is 0 Å². The molecule has 3 heteroatoms. The molecule has 0 aliphatic heterocycles. The number of esters is 1. The number of fused-ring (bicyclic) bond motifs is 2. The van der Waals surface area contributed by atoms with E-state index in [-0.39, 0.29) is 12.1 Å². The molecule has 3 nitrogen and oxygen atoms in total. The van der Waals surface area contributed by atoms with Gasteiger partial charge in [0.05, 0.1) is 6.42 Å². The Labute approximate surface area is 120 Å². The van der Waals surface area contributed by atoms with E-state index in [1.165, 1.54) is 6.42 Å². The van der Waals surface area contributed by atoms with Crippen LogP contribution < -0.4 is 0 Å². The van der Waals surface area contributed by atoms with Gasteiger partial charge < -0.3 is 4.74 Å². The Morgan fingerprint density at radius 2 is 2.05 bits per heavy atom. The van der Waals surface area contributed by atoms with Crippen molar-refractivity contribution in [2.45, 2.75) is 46.1 Å². The van der Waals surface area contributed by atoms with Gasteiger partial charge in [-0.3, -0.25) is 9.78 Å². The molecule has 1 heterocycles. The lowest BCUT2D eigenvalue weighted by molar-refractivity contribution is -0.185. The van der Waals surface area contributed by atoms with Crippen LogP contribution in [0.25, 0.3) is 0 Å². The molecule has 0 unspecified atom stereocenters. The zero-order valence-corrected chi connectivity index (χ0v) is 12.5. The van der Waals surface area contributed by atoms with Gasteiger partial charge >= 0.3 is 5.97 Å². The van der Waals surface area contributed by atoms with Crippen molar-refractivity contribution in [2.24, 2.45) is 23.2 Å². The number of nitrogens with zero attached hydrogens (tertiary/aromatic N) is 1. The first-order valence-electron chi connectivity index (χ1n) is 7.57. The van der Waals surface area contributed by atoms with Gasteiger partial charge in [0.2, 0.25) is 0 Å². The highest BCUT2D eigenvalue weighted by atomic mass is 16.5. The van der Waals surface area contributed by atoms with E-state index in [0.29, 0.717) is 23.7 Å². The second kappa shape index (κ2) is 4.87. The van der Waals surface area contributed by atoms with Crippen molar-refractivity contribution in [1.82, 2.24) is 4.98 Å². The average Bonchev–Trinajstić information content (AvgIpc) is 2.41. The lowest BCUT2D eigenvalue weighted by Gasteiger charge is -2.61. The van der Waals surface area contributed by atoms with Crippen molar-refractivity contribution in [3.63, 3.8) is 0 Å². The minimum atomic E-state index is -0.104. The zero-order valence-electron chi connectivity index (χ0n) is 12.5. The largest absolute Gasteiger partial charge is 0.462 e. The molecule has 20 heavy (non-hydrogen) atoms. The molecule has 2 bridgehead atoms. The quantitative estimate of drug-likeness (QED) is 0.794. The van der Waals surface area contributed by atoms with Gasteiger partial charge in [-0.2, -0.15) is 0 Å². The Kier molecular flexibility index (Phi) is 3.31. The number of hydrogen-bond acceptors (Lipinski definition) is 3. The van der Waals surface area contributed by atoms with E-state index in [0.717, 1.165) is 17.9 Å². The molecule has 0 N–H and O–H groups in total. The first-order chi connectivity index (χ1) is 9.48. The maximum absolute atomic E-state index is 12.1. The van der Waals surface area contributed by atoms with Crippen molar-refractivity contribution >= 4 is 5.97 Å². The average molecular weight is 273 g/mol. The third-order valence-corrected chi connectivity index (χ3v) is 5.66. The summed E-state index contributed by atoms with van der Waals surface area (Å²) >= 11 is 0. The molecule has 108 valence electrons. The molecule has 3 aliphatic carbocycles. The molecule has 3 aliphatic rings. The smallest absolute Gasteiger partial charge is 0.310 e. The third-order valence-electron chi connectivity index (χ3n) is 5.66. The monoisotopic (exact) mass is 273 g/mol. The first kappa shape index (κ1) is 13.6. The van der Waals surface area contributed by atoms with Gasteiger partial charge in [-0.25, -0.2) is 0 Å². The van der Waals surface area contributed by atoms with Crippen LogP contribution in [0.15, 0.2) is 24.5 Å². The fraction of sp³-hybridized carbons (Fsp3) is 0.647. The zero-order chi connectivity index (χ0) is 14.3. The van der Waals surface area contributed by atoms with Gasteiger partial charge in [0.25, 0.3) is 0 Å². The normalized spacial score (nSPS) is 34.1. The van der Waals surface area contributed by atoms with Gasteiger partial charge in [0.15, 0.2) is 0 Å². The van der Waals surface area contributed by atoms with E-state index < -0.39 is 0 Å². The highest BCUT2D eigenvalue weighted by Gasteiger charge is 2.57. The van der Waals surface area contributed by atoms with E-state index >= 15 is 0 Å². The Hall–Kier alpha value is -1.38. The summed E-state index contributed by atoms with van der Waals surface area (Å²) in [6.45, 7) is 6.96. The molecule has 1 aromatic heterocycles.